The van der Waals surface area contributed by atoms with Gasteiger partial charge in [-0.05, 0) is 49.8 Å². The van der Waals surface area contributed by atoms with Gasteiger partial charge in [-0.15, -0.1) is 6.58 Å². The summed E-state index contributed by atoms with van der Waals surface area (Å²) in [7, 11) is 0. The number of carbonyl (C=O) groups is 3. The summed E-state index contributed by atoms with van der Waals surface area (Å²) in [6.45, 7) is 11.5. The second-order valence-electron chi connectivity index (χ2n) is 10.7. The lowest BCUT2D eigenvalue weighted by atomic mass is 9.70. The minimum Gasteiger partial charge on any atom is -0.481 e. The van der Waals surface area contributed by atoms with E-state index in [2.05, 4.69) is 22.5 Å². The van der Waals surface area contributed by atoms with Crippen LogP contribution in [0.1, 0.15) is 37.8 Å². The topological polar surface area (TPSA) is 107 Å². The number of anilines is 1. The van der Waals surface area contributed by atoms with Crippen molar-refractivity contribution in [1.82, 2.24) is 4.90 Å². The van der Waals surface area contributed by atoms with E-state index in [1.165, 1.54) is 4.90 Å². The fourth-order valence-corrected chi connectivity index (χ4v) is 7.38. The number of aliphatic hydroxyl groups excluding tert-OH is 1. The van der Waals surface area contributed by atoms with Crippen LogP contribution < -0.4 is 4.90 Å². The van der Waals surface area contributed by atoms with Gasteiger partial charge in [-0.25, -0.2) is 0 Å². The van der Waals surface area contributed by atoms with Crippen LogP contribution in [0.2, 0.25) is 0 Å². The molecule has 36 heavy (non-hydrogen) atoms. The highest BCUT2D eigenvalue weighted by molar-refractivity contribution is 9.09. The molecule has 2 N–H and O–H groups in total. The largest absolute Gasteiger partial charge is 0.481 e. The van der Waals surface area contributed by atoms with Crippen molar-refractivity contribution in [3.8, 4) is 0 Å². The van der Waals surface area contributed by atoms with Crippen LogP contribution in [0.5, 0.6) is 0 Å². The van der Waals surface area contributed by atoms with E-state index in [4.69, 9.17) is 4.74 Å². The maximum Gasteiger partial charge on any atom is 0.310 e. The van der Waals surface area contributed by atoms with Crippen LogP contribution in [0.3, 0.4) is 0 Å². The van der Waals surface area contributed by atoms with Gasteiger partial charge in [-0.2, -0.15) is 0 Å². The first-order valence-corrected chi connectivity index (χ1v) is 13.4. The zero-order chi connectivity index (χ0) is 26.5. The molecule has 3 unspecified atom stereocenters. The quantitative estimate of drug-likeness (QED) is 0.354. The third-order valence-corrected chi connectivity index (χ3v) is 8.67. The second-order valence-corrected chi connectivity index (χ2v) is 11.9. The van der Waals surface area contributed by atoms with E-state index in [9.17, 15) is 24.6 Å². The summed E-state index contributed by atoms with van der Waals surface area (Å²) in [6, 6.07) is 4.12. The number of halogens is 1. The van der Waals surface area contributed by atoms with Gasteiger partial charge < -0.3 is 24.7 Å². The van der Waals surface area contributed by atoms with E-state index in [-0.39, 0.29) is 29.8 Å². The van der Waals surface area contributed by atoms with Crippen molar-refractivity contribution in [2.24, 2.45) is 17.8 Å². The first-order chi connectivity index (χ1) is 17.0. The van der Waals surface area contributed by atoms with E-state index < -0.39 is 47.5 Å². The van der Waals surface area contributed by atoms with Gasteiger partial charge in [-0.3, -0.25) is 14.4 Å². The number of carbonyl (C=O) groups excluding carboxylic acids is 2. The third kappa shape index (κ3) is 4.09. The van der Waals surface area contributed by atoms with E-state index >= 15 is 0 Å². The van der Waals surface area contributed by atoms with E-state index in [1.54, 1.807) is 11.0 Å². The average molecular weight is 563 g/mol. The molecule has 8 nitrogen and oxygen atoms in total. The molecule has 0 aromatic heterocycles. The summed E-state index contributed by atoms with van der Waals surface area (Å²) in [5.74, 6) is -3.81. The first kappa shape index (κ1) is 26.8. The Morgan fingerprint density at radius 3 is 2.64 bits per heavy atom. The molecule has 3 heterocycles. The standard InChI is InChI=1S/C27H35BrN2O6/c1-6-9-29(19-11-15(4)7-8-16(19)5)25(33)23-27-12-18(28)22(36-27)20(26(34)35)21(27)24(32)30(23)17(13-31)10-14(2)3/h6-8,11,14,17-18,20-23,31H,1,9-10,12-13H2,2-5H3,(H,34,35)/t17-,18?,20+,21+,22+,23?,27?/m1/s1. The maximum absolute atomic E-state index is 14.5. The summed E-state index contributed by atoms with van der Waals surface area (Å²) in [5, 5.41) is 20.4. The number of hydrogen-bond donors (Lipinski definition) is 2. The molecular formula is C27H35BrN2O6. The van der Waals surface area contributed by atoms with Crippen molar-refractivity contribution in [2.45, 2.75) is 69.2 Å². The smallest absolute Gasteiger partial charge is 0.310 e. The monoisotopic (exact) mass is 562 g/mol. The zero-order valence-electron chi connectivity index (χ0n) is 21.2. The Kier molecular flexibility index (Phi) is 7.38. The van der Waals surface area contributed by atoms with E-state index in [1.807, 2.05) is 45.9 Å². The number of aliphatic carboxylic acids is 1. The highest BCUT2D eigenvalue weighted by Crippen LogP contribution is 2.60. The number of benzene rings is 1. The highest BCUT2D eigenvalue weighted by atomic mass is 79.9. The maximum atomic E-state index is 14.5. The van der Waals surface area contributed by atoms with Crippen molar-refractivity contribution >= 4 is 39.4 Å². The zero-order valence-corrected chi connectivity index (χ0v) is 22.8. The number of hydrogen-bond acceptors (Lipinski definition) is 5. The van der Waals surface area contributed by atoms with Gasteiger partial charge in [0.2, 0.25) is 5.91 Å². The molecule has 3 aliphatic heterocycles. The fourth-order valence-electron chi connectivity index (χ4n) is 6.44. The van der Waals surface area contributed by atoms with Gasteiger partial charge in [0.05, 0.1) is 30.6 Å². The fraction of sp³-hybridized carbons (Fsp3) is 0.593. The number of aryl methyl sites for hydroxylation is 2. The third-order valence-electron chi connectivity index (χ3n) is 7.83. The molecule has 196 valence electrons. The number of alkyl halides is 1. The van der Waals surface area contributed by atoms with Crippen LogP contribution in [0.25, 0.3) is 0 Å². The number of fused-ring (bicyclic) bond motifs is 1. The normalized spacial score (nSPS) is 31.6. The van der Waals surface area contributed by atoms with Crippen LogP contribution in [0.4, 0.5) is 5.69 Å². The molecule has 3 aliphatic rings. The van der Waals surface area contributed by atoms with Gasteiger partial charge in [0.1, 0.15) is 11.6 Å². The number of carboxylic acid groups (broad SMARTS) is 1. The lowest BCUT2D eigenvalue weighted by Gasteiger charge is -2.40. The molecule has 1 aromatic carbocycles. The number of rotatable bonds is 9. The summed E-state index contributed by atoms with van der Waals surface area (Å²) in [6.07, 6.45) is 1.73. The minimum atomic E-state index is -1.29. The molecule has 0 aliphatic carbocycles. The Morgan fingerprint density at radius 1 is 1.36 bits per heavy atom. The van der Waals surface area contributed by atoms with Crippen molar-refractivity contribution in [1.29, 1.82) is 0 Å². The number of carboxylic acids is 1. The SMILES string of the molecule is C=CCN(C(=O)C1N([C@@H](CO)CC(C)C)C(=O)[C@@H]2[C@H](C(=O)O)[C@H]3OC12CC3Br)c1cc(C)ccc1C. The van der Waals surface area contributed by atoms with Gasteiger partial charge in [-0.1, -0.05) is 48.0 Å². The highest BCUT2D eigenvalue weighted by Gasteiger charge is 2.77. The summed E-state index contributed by atoms with van der Waals surface area (Å²) in [4.78, 5) is 43.6. The summed E-state index contributed by atoms with van der Waals surface area (Å²) >= 11 is 3.57. The van der Waals surface area contributed by atoms with Crippen molar-refractivity contribution in [3.63, 3.8) is 0 Å². The first-order valence-electron chi connectivity index (χ1n) is 12.5. The number of aliphatic hydroxyl groups is 1. The Hall–Kier alpha value is -2.23. The predicted octanol–water partition coefficient (Wildman–Crippen LogP) is 3.06. The Morgan fingerprint density at radius 2 is 2.06 bits per heavy atom. The molecule has 7 atom stereocenters. The molecule has 0 radical (unpaired) electrons. The summed E-state index contributed by atoms with van der Waals surface area (Å²) < 4.78 is 6.38. The number of ether oxygens (including phenoxy) is 1. The van der Waals surface area contributed by atoms with Crippen LogP contribution in [0.15, 0.2) is 30.9 Å². The molecule has 3 fully saturated rings. The van der Waals surface area contributed by atoms with Crippen LogP contribution >= 0.6 is 15.9 Å². The predicted molar refractivity (Wildman–Crippen MR) is 139 cm³/mol. The van der Waals surface area contributed by atoms with Gasteiger partial charge in [0.15, 0.2) is 0 Å². The molecular weight excluding hydrogens is 528 g/mol. The van der Waals surface area contributed by atoms with Crippen molar-refractivity contribution in [3.05, 3.63) is 42.0 Å². The van der Waals surface area contributed by atoms with E-state index in [0.717, 1.165) is 11.1 Å². The van der Waals surface area contributed by atoms with E-state index in [0.29, 0.717) is 18.5 Å². The molecule has 2 amide bonds. The Labute approximate surface area is 220 Å². The summed E-state index contributed by atoms with van der Waals surface area (Å²) in [5.41, 5.74) is 1.28. The molecule has 3 saturated heterocycles. The molecule has 2 bridgehead atoms. The number of nitrogens with zero attached hydrogens (tertiary/aromatic N) is 2. The van der Waals surface area contributed by atoms with Gasteiger partial charge in [0, 0.05) is 17.1 Å². The average Bonchev–Trinajstić information content (AvgIpc) is 3.40. The van der Waals surface area contributed by atoms with Crippen LogP contribution in [0, 0.1) is 31.6 Å². The number of amides is 2. The molecule has 0 saturated carbocycles. The molecule has 1 aromatic rings. The minimum absolute atomic E-state index is 0.142. The molecule has 4 rings (SSSR count). The van der Waals surface area contributed by atoms with Gasteiger partial charge in [0.25, 0.3) is 5.91 Å². The molecule has 9 heteroatoms. The van der Waals surface area contributed by atoms with Crippen molar-refractivity contribution < 1.29 is 29.3 Å². The molecule has 1 spiro atoms. The van der Waals surface area contributed by atoms with Crippen LogP contribution in [-0.4, -0.2) is 74.7 Å². The second kappa shape index (κ2) is 9.91. The number of likely N-dealkylation sites (tertiary alicyclic amines) is 1. The van der Waals surface area contributed by atoms with Crippen molar-refractivity contribution in [2.75, 3.05) is 18.1 Å². The lowest BCUT2D eigenvalue weighted by Crippen LogP contribution is -2.59. The Balaban J connectivity index is 1.88. The lowest BCUT2D eigenvalue weighted by molar-refractivity contribution is -0.151. The van der Waals surface area contributed by atoms with Crippen LogP contribution in [-0.2, 0) is 19.1 Å². The van der Waals surface area contributed by atoms with Gasteiger partial charge >= 0.3 is 5.97 Å². The Bertz CT molecular complexity index is 1080.